The van der Waals surface area contributed by atoms with Crippen LogP contribution in [0.3, 0.4) is 0 Å². The summed E-state index contributed by atoms with van der Waals surface area (Å²) in [5.74, 6) is 1.05. The molecule has 5 nitrogen and oxygen atoms in total. The summed E-state index contributed by atoms with van der Waals surface area (Å²) in [4.78, 5) is 4.37. The smallest absolute Gasteiger partial charge is 0.138 e. The molecule has 0 aliphatic carbocycles. The van der Waals surface area contributed by atoms with Crippen molar-refractivity contribution in [1.29, 1.82) is 0 Å². The van der Waals surface area contributed by atoms with Gasteiger partial charge in [-0.3, -0.25) is 4.68 Å². The fourth-order valence-corrected chi connectivity index (χ4v) is 3.37. The van der Waals surface area contributed by atoms with Gasteiger partial charge >= 0.3 is 0 Å². The molecule has 2 fully saturated rings. The normalized spacial score (nSPS) is 35.6. The highest BCUT2D eigenvalue weighted by atomic mass is 16.5. The van der Waals surface area contributed by atoms with E-state index in [0.717, 1.165) is 31.6 Å². The Morgan fingerprint density at radius 2 is 2.47 bits per heavy atom. The molecule has 5 heteroatoms. The number of aryl methyl sites for hydroxylation is 1. The molecule has 0 saturated carbocycles. The molecule has 3 atom stereocenters. The zero-order valence-electron chi connectivity index (χ0n) is 10.3. The predicted molar refractivity (Wildman–Crippen MR) is 63.4 cm³/mol. The quantitative estimate of drug-likeness (QED) is 0.837. The van der Waals surface area contributed by atoms with Crippen LogP contribution in [0.25, 0.3) is 0 Å². The Morgan fingerprint density at radius 1 is 1.59 bits per heavy atom. The van der Waals surface area contributed by atoms with Crippen LogP contribution in [-0.4, -0.2) is 33.5 Å². The molecule has 0 spiro atoms. The van der Waals surface area contributed by atoms with E-state index in [4.69, 9.17) is 10.5 Å². The van der Waals surface area contributed by atoms with E-state index in [9.17, 15) is 0 Å². The summed E-state index contributed by atoms with van der Waals surface area (Å²) in [5, 5.41) is 4.23. The summed E-state index contributed by atoms with van der Waals surface area (Å²) >= 11 is 0. The maximum absolute atomic E-state index is 6.03. The topological polar surface area (TPSA) is 66.0 Å². The van der Waals surface area contributed by atoms with Crippen LogP contribution in [-0.2, 0) is 17.7 Å². The van der Waals surface area contributed by atoms with Crippen LogP contribution in [0.5, 0.6) is 0 Å². The lowest BCUT2D eigenvalue weighted by molar-refractivity contribution is 0.0624. The van der Waals surface area contributed by atoms with Gasteiger partial charge in [-0.05, 0) is 26.2 Å². The highest BCUT2D eigenvalue weighted by Gasteiger charge is 2.51. The highest BCUT2D eigenvalue weighted by molar-refractivity contribution is 5.06. The summed E-state index contributed by atoms with van der Waals surface area (Å²) in [7, 11) is 0. The second-order valence-electron chi connectivity index (χ2n) is 5.26. The van der Waals surface area contributed by atoms with Crippen molar-refractivity contribution in [3.63, 3.8) is 0 Å². The van der Waals surface area contributed by atoms with Crippen molar-refractivity contribution in [2.24, 2.45) is 11.1 Å². The van der Waals surface area contributed by atoms with Crippen LogP contribution >= 0.6 is 0 Å². The summed E-state index contributed by atoms with van der Waals surface area (Å²) < 4.78 is 7.93. The zero-order valence-corrected chi connectivity index (χ0v) is 10.3. The number of ether oxygens (including phenoxy) is 1. The molecule has 3 heterocycles. The second-order valence-corrected chi connectivity index (χ2v) is 5.26. The number of rotatable bonds is 4. The van der Waals surface area contributed by atoms with Crippen molar-refractivity contribution in [2.45, 2.75) is 51.4 Å². The van der Waals surface area contributed by atoms with Crippen LogP contribution in [0.4, 0.5) is 0 Å². The predicted octanol–water partition coefficient (Wildman–Crippen LogP) is 0.737. The highest BCUT2D eigenvalue weighted by Crippen LogP contribution is 2.48. The van der Waals surface area contributed by atoms with Crippen LogP contribution in [0.2, 0.25) is 0 Å². The number of nitrogens with zero attached hydrogens (tertiary/aromatic N) is 3. The van der Waals surface area contributed by atoms with Gasteiger partial charge in [-0.25, -0.2) is 4.98 Å². The minimum absolute atomic E-state index is 0.100. The lowest BCUT2D eigenvalue weighted by atomic mass is 9.71. The molecule has 0 amide bonds. The monoisotopic (exact) mass is 236 g/mol. The van der Waals surface area contributed by atoms with Crippen molar-refractivity contribution in [2.75, 3.05) is 6.54 Å². The molecule has 2 aliphatic heterocycles. The van der Waals surface area contributed by atoms with E-state index in [-0.39, 0.29) is 5.41 Å². The lowest BCUT2D eigenvalue weighted by Crippen LogP contribution is -2.42. The maximum Gasteiger partial charge on any atom is 0.138 e. The standard InChI is InChI=1S/C12H20N4O/c1-2-16-11(14-8-15-16)6-12(7-13)5-9-3-4-10(12)17-9/h8-10H,2-7,13H2,1H3. The zero-order chi connectivity index (χ0) is 11.9. The van der Waals surface area contributed by atoms with E-state index in [0.29, 0.717) is 18.8 Å². The first-order valence-electron chi connectivity index (χ1n) is 6.49. The number of hydrogen-bond acceptors (Lipinski definition) is 4. The van der Waals surface area contributed by atoms with Crippen LogP contribution in [0, 0.1) is 5.41 Å². The molecule has 1 aromatic rings. The van der Waals surface area contributed by atoms with Crippen molar-refractivity contribution in [3.05, 3.63) is 12.2 Å². The molecule has 3 unspecified atom stereocenters. The first-order valence-corrected chi connectivity index (χ1v) is 6.49. The molecule has 3 rings (SSSR count). The van der Waals surface area contributed by atoms with Crippen molar-refractivity contribution < 1.29 is 4.74 Å². The average molecular weight is 236 g/mol. The number of aromatic nitrogens is 3. The van der Waals surface area contributed by atoms with Gasteiger partial charge in [0.25, 0.3) is 0 Å². The molecule has 17 heavy (non-hydrogen) atoms. The molecular formula is C12H20N4O. The summed E-state index contributed by atoms with van der Waals surface area (Å²) in [5.41, 5.74) is 6.13. The maximum atomic E-state index is 6.03. The molecule has 94 valence electrons. The summed E-state index contributed by atoms with van der Waals surface area (Å²) in [6, 6.07) is 0. The van der Waals surface area contributed by atoms with Crippen molar-refractivity contribution in [1.82, 2.24) is 14.8 Å². The molecule has 0 aromatic carbocycles. The SMILES string of the molecule is CCn1ncnc1CC1(CN)CC2CCC1O2. The number of fused-ring (bicyclic) bond motifs is 2. The van der Waals surface area contributed by atoms with Gasteiger partial charge in [-0.15, -0.1) is 0 Å². The van der Waals surface area contributed by atoms with Gasteiger partial charge in [0, 0.05) is 24.9 Å². The lowest BCUT2D eigenvalue weighted by Gasteiger charge is -2.33. The third-order valence-electron chi connectivity index (χ3n) is 4.34. The summed E-state index contributed by atoms with van der Waals surface area (Å²) in [6.45, 7) is 3.64. The molecule has 0 radical (unpaired) electrons. The minimum Gasteiger partial charge on any atom is -0.374 e. The fraction of sp³-hybridized carbons (Fsp3) is 0.833. The Bertz CT molecular complexity index is 405. The molecule has 2 bridgehead atoms. The van der Waals surface area contributed by atoms with E-state index in [2.05, 4.69) is 17.0 Å². The number of hydrogen-bond donors (Lipinski definition) is 1. The third kappa shape index (κ3) is 1.68. The Hall–Kier alpha value is -0.940. The van der Waals surface area contributed by atoms with Gasteiger partial charge in [-0.2, -0.15) is 5.10 Å². The molecule has 2 N–H and O–H groups in total. The molecule has 2 saturated heterocycles. The second kappa shape index (κ2) is 4.07. The Balaban J connectivity index is 1.83. The molecule has 2 aliphatic rings. The van der Waals surface area contributed by atoms with Gasteiger partial charge in [0.05, 0.1) is 12.2 Å². The van der Waals surface area contributed by atoms with Gasteiger partial charge in [-0.1, -0.05) is 0 Å². The molecule has 1 aromatic heterocycles. The Morgan fingerprint density at radius 3 is 3.06 bits per heavy atom. The van der Waals surface area contributed by atoms with Gasteiger partial charge in [0.2, 0.25) is 0 Å². The van der Waals surface area contributed by atoms with Gasteiger partial charge in [0.1, 0.15) is 12.2 Å². The van der Waals surface area contributed by atoms with Crippen molar-refractivity contribution in [3.8, 4) is 0 Å². The van der Waals surface area contributed by atoms with Gasteiger partial charge in [0.15, 0.2) is 0 Å². The summed E-state index contributed by atoms with van der Waals surface area (Å²) in [6.07, 6.45) is 6.75. The Kier molecular flexibility index (Phi) is 2.67. The first kappa shape index (κ1) is 11.2. The van der Waals surface area contributed by atoms with E-state index in [1.165, 1.54) is 6.42 Å². The van der Waals surface area contributed by atoms with Crippen molar-refractivity contribution >= 4 is 0 Å². The van der Waals surface area contributed by atoms with Crippen LogP contribution < -0.4 is 5.73 Å². The van der Waals surface area contributed by atoms with Crippen LogP contribution in [0.1, 0.15) is 32.0 Å². The largest absolute Gasteiger partial charge is 0.374 e. The van der Waals surface area contributed by atoms with Crippen LogP contribution in [0.15, 0.2) is 6.33 Å². The first-order chi connectivity index (χ1) is 8.27. The van der Waals surface area contributed by atoms with E-state index in [1.54, 1.807) is 6.33 Å². The fourth-order valence-electron chi connectivity index (χ4n) is 3.37. The third-order valence-corrected chi connectivity index (χ3v) is 4.34. The van der Waals surface area contributed by atoms with Gasteiger partial charge < -0.3 is 10.5 Å². The average Bonchev–Trinajstić information content (AvgIpc) is 3.03. The molecular weight excluding hydrogens is 216 g/mol. The van der Waals surface area contributed by atoms with E-state index in [1.807, 2.05) is 4.68 Å². The Labute approximate surface area is 101 Å². The number of nitrogens with two attached hydrogens (primary N) is 1. The van der Waals surface area contributed by atoms with E-state index >= 15 is 0 Å². The van der Waals surface area contributed by atoms with E-state index < -0.39 is 0 Å². The minimum atomic E-state index is 0.100.